The van der Waals surface area contributed by atoms with E-state index in [1.165, 1.54) is 0 Å². The summed E-state index contributed by atoms with van der Waals surface area (Å²) < 4.78 is 117. The van der Waals surface area contributed by atoms with E-state index in [1.54, 1.807) is 0 Å². The van der Waals surface area contributed by atoms with E-state index in [0.29, 0.717) is 0 Å². The van der Waals surface area contributed by atoms with Gasteiger partial charge in [-0.15, -0.1) is 0 Å². The lowest BCUT2D eigenvalue weighted by molar-refractivity contribution is 0.000992. The van der Waals surface area contributed by atoms with E-state index in [1.807, 2.05) is 6.92 Å². The van der Waals surface area contributed by atoms with Crippen LogP contribution in [0.25, 0.3) is 0 Å². The largest absolute Gasteiger partial charge is 0.673 e. The van der Waals surface area contributed by atoms with Crippen LogP contribution in [0.4, 0.5) is 51.8 Å². The number of hydrogen-bond donors (Lipinski definition) is 1. The van der Waals surface area contributed by atoms with Gasteiger partial charge in [0.15, 0.2) is 0 Å². The van der Waals surface area contributed by atoms with Crippen LogP contribution in [0.1, 0.15) is 19.8 Å². The van der Waals surface area contributed by atoms with Crippen LogP contribution in [0.5, 0.6) is 0 Å². The molecule has 24 heavy (non-hydrogen) atoms. The zero-order valence-electron chi connectivity index (χ0n) is 12.5. The molecule has 1 fully saturated rings. The Bertz CT molecular complexity index is 261. The van der Waals surface area contributed by atoms with E-state index in [4.69, 9.17) is 0 Å². The molecule has 0 saturated carbocycles. The molecule has 17 heteroatoms. The lowest BCUT2D eigenvalue weighted by Crippen LogP contribution is -2.40. The minimum Gasteiger partial charge on any atom is -0.418 e. The van der Waals surface area contributed by atoms with Crippen LogP contribution < -0.4 is 0 Å². The van der Waals surface area contributed by atoms with Crippen LogP contribution in [0.15, 0.2) is 0 Å². The highest BCUT2D eigenvalue weighted by molar-refractivity contribution is 6.50. The highest BCUT2D eigenvalue weighted by atomic mass is 19.5. The van der Waals surface area contributed by atoms with Crippen LogP contribution in [-0.4, -0.2) is 57.5 Å². The van der Waals surface area contributed by atoms with Gasteiger partial charge in [-0.05, 0) is 26.8 Å². The fourth-order valence-electron chi connectivity index (χ4n) is 1.10. The Morgan fingerprint density at radius 1 is 0.667 bits per heavy atom. The number of hydrogen-bond acceptors (Lipinski definition) is 2. The number of piperidine rings is 1. The number of halogens is 12. The van der Waals surface area contributed by atoms with Gasteiger partial charge in [0.2, 0.25) is 0 Å². The molecule has 0 spiro atoms. The van der Waals surface area contributed by atoms with Gasteiger partial charge in [0.25, 0.3) is 0 Å². The van der Waals surface area contributed by atoms with E-state index in [0.717, 1.165) is 25.9 Å². The lowest BCUT2D eigenvalue weighted by Gasteiger charge is -2.33. The van der Waals surface area contributed by atoms with Gasteiger partial charge in [0, 0.05) is 13.1 Å². The van der Waals surface area contributed by atoms with Crippen LogP contribution in [0.2, 0.25) is 0 Å². The van der Waals surface area contributed by atoms with Crippen molar-refractivity contribution >= 4 is 21.8 Å². The quantitative estimate of drug-likeness (QED) is 0.491. The number of rotatable bonds is 0. The van der Waals surface area contributed by atoms with Crippen LogP contribution >= 0.6 is 0 Å². The van der Waals surface area contributed by atoms with E-state index >= 15 is 0 Å². The normalized spacial score (nSPS) is 18.1. The molecule has 0 aromatic rings. The van der Waals surface area contributed by atoms with E-state index in [9.17, 15) is 56.9 Å². The van der Waals surface area contributed by atoms with Crippen molar-refractivity contribution in [3.63, 3.8) is 0 Å². The summed E-state index contributed by atoms with van der Waals surface area (Å²) in [6.45, 7) is 3.99. The Morgan fingerprint density at radius 3 is 0.958 bits per heavy atom. The van der Waals surface area contributed by atoms with Crippen molar-refractivity contribution in [1.82, 2.24) is 4.90 Å². The summed E-state index contributed by atoms with van der Waals surface area (Å²) in [6.07, 6.45) is 1.84. The molecule has 150 valence electrons. The Balaban J connectivity index is -0.000000259. The van der Waals surface area contributed by atoms with E-state index in [2.05, 4.69) is 11.9 Å². The van der Waals surface area contributed by atoms with Gasteiger partial charge in [-0.3, -0.25) is 0 Å². The molecule has 0 bridgehead atoms. The molecule has 0 aliphatic carbocycles. The van der Waals surface area contributed by atoms with Crippen molar-refractivity contribution in [2.75, 3.05) is 20.1 Å². The minimum absolute atomic E-state index is 0.382. The van der Waals surface area contributed by atoms with Gasteiger partial charge in [-0.1, -0.05) is 0 Å². The third-order valence-corrected chi connectivity index (χ3v) is 2.06. The van der Waals surface area contributed by atoms with Crippen molar-refractivity contribution in [1.29, 1.82) is 0 Å². The monoisotopic (exact) mass is 390 g/mol. The molecule has 1 rings (SSSR count). The zero-order chi connectivity index (χ0) is 20.4. The molecule has 1 N–H and O–H groups in total. The zero-order valence-corrected chi connectivity index (χ0v) is 12.5. The average Bonchev–Trinajstić information content (AvgIpc) is 2.15. The molecule has 0 amide bonds. The first-order valence-corrected chi connectivity index (χ1v) is 6.13. The predicted octanol–water partition coefficient (Wildman–Crippen LogP) is 4.36. The fraction of sp³-hybridized carbons (Fsp3) is 1.00. The molecule has 1 aliphatic rings. The fourth-order valence-corrected chi connectivity index (χ4v) is 1.10. The molecular weight excluding hydrogens is 374 g/mol. The molecular formula is C7H15B3F12NO-3. The smallest absolute Gasteiger partial charge is 0.418 e. The second-order valence-electron chi connectivity index (χ2n) is 4.78. The molecule has 0 aromatic heterocycles. The summed E-state index contributed by atoms with van der Waals surface area (Å²) in [5.74, 6) is 0. The highest BCUT2D eigenvalue weighted by Gasteiger charge is 2.25. The third-order valence-electron chi connectivity index (χ3n) is 2.06. The molecule has 0 unspecified atom stereocenters. The summed E-state index contributed by atoms with van der Waals surface area (Å²) in [4.78, 5) is 2.25. The molecule has 0 aromatic carbocycles. The van der Waals surface area contributed by atoms with Crippen molar-refractivity contribution < 1.29 is 56.9 Å². The predicted molar refractivity (Wildman–Crippen MR) is 67.9 cm³/mol. The number of aliphatic hydroxyl groups is 1. The first-order valence-electron chi connectivity index (χ1n) is 6.13. The number of nitrogens with zero attached hydrogens (tertiary/aromatic N) is 1. The average molecular weight is 390 g/mol. The summed E-state index contributed by atoms with van der Waals surface area (Å²) in [6, 6.07) is 0. The minimum atomic E-state index is -6.00. The molecule has 0 radical (unpaired) electrons. The van der Waals surface area contributed by atoms with Crippen molar-refractivity contribution in [2.24, 2.45) is 0 Å². The van der Waals surface area contributed by atoms with Gasteiger partial charge in [-0.25, -0.2) is 0 Å². The van der Waals surface area contributed by atoms with Gasteiger partial charge in [0.1, 0.15) is 0 Å². The van der Waals surface area contributed by atoms with Gasteiger partial charge >= 0.3 is 21.8 Å². The number of likely N-dealkylation sites (tertiary alicyclic amines) is 1. The first kappa shape index (κ1) is 28.1. The van der Waals surface area contributed by atoms with Crippen molar-refractivity contribution in [2.45, 2.75) is 25.4 Å². The molecule has 0 atom stereocenters. The summed E-state index contributed by atoms with van der Waals surface area (Å²) in [5.41, 5.74) is -0.382. The summed E-state index contributed by atoms with van der Waals surface area (Å²) in [7, 11) is -15.9. The SMILES string of the molecule is CN1CCC(C)(O)CC1.F[B-](F)(F)F.F[B-](F)(F)F.F[B-](F)(F)F. The summed E-state index contributed by atoms with van der Waals surface area (Å²) >= 11 is 0. The Morgan fingerprint density at radius 2 is 0.833 bits per heavy atom. The first-order chi connectivity index (χ1) is 10.1. The molecule has 1 saturated heterocycles. The van der Waals surface area contributed by atoms with Gasteiger partial charge < -0.3 is 61.8 Å². The van der Waals surface area contributed by atoms with Crippen molar-refractivity contribution in [3.8, 4) is 0 Å². The maximum atomic E-state index is 9.75. The summed E-state index contributed by atoms with van der Waals surface area (Å²) in [5, 5.41) is 9.47. The molecule has 1 aliphatic heterocycles. The van der Waals surface area contributed by atoms with Crippen LogP contribution in [-0.2, 0) is 0 Å². The van der Waals surface area contributed by atoms with E-state index < -0.39 is 21.8 Å². The van der Waals surface area contributed by atoms with Crippen LogP contribution in [0.3, 0.4) is 0 Å². The Hall–Kier alpha value is -0.725. The molecule has 1 heterocycles. The van der Waals surface area contributed by atoms with Crippen molar-refractivity contribution in [3.05, 3.63) is 0 Å². The maximum absolute atomic E-state index is 9.75. The van der Waals surface area contributed by atoms with Crippen LogP contribution in [0, 0.1) is 0 Å². The Labute approximate surface area is 130 Å². The maximum Gasteiger partial charge on any atom is 0.673 e. The van der Waals surface area contributed by atoms with Gasteiger partial charge in [0.05, 0.1) is 5.60 Å². The lowest BCUT2D eigenvalue weighted by atomic mass is 9.94. The second kappa shape index (κ2) is 11.0. The standard InChI is InChI=1S/C7H15NO.3BF4/c1-7(9)3-5-8(2)6-4-7;3*2-1(3,4)5/h9H,3-6H2,1-2H3;;;/q;3*-1. The van der Waals surface area contributed by atoms with Gasteiger partial charge in [-0.2, -0.15) is 0 Å². The molecule has 2 nitrogen and oxygen atoms in total. The third kappa shape index (κ3) is 68.8. The second-order valence-corrected chi connectivity index (χ2v) is 4.78. The highest BCUT2D eigenvalue weighted by Crippen LogP contribution is 2.19. The Kier molecular flexibility index (Phi) is 12.9. The topological polar surface area (TPSA) is 23.5 Å². The van der Waals surface area contributed by atoms with E-state index in [-0.39, 0.29) is 5.60 Å².